The maximum Gasteiger partial charge on any atom is 0.301 e. The Morgan fingerprint density at radius 2 is 1.87 bits per heavy atom. The van der Waals surface area contributed by atoms with E-state index in [0.29, 0.717) is 5.92 Å². The molecule has 0 N–H and O–H groups in total. The summed E-state index contributed by atoms with van der Waals surface area (Å²) in [6, 6.07) is 6.16. The van der Waals surface area contributed by atoms with Crippen molar-refractivity contribution in [3.8, 4) is 0 Å². The number of aromatic nitrogens is 1. The highest BCUT2D eigenvalue weighted by molar-refractivity contribution is 7.09. The van der Waals surface area contributed by atoms with Crippen LogP contribution in [0.3, 0.4) is 0 Å². The van der Waals surface area contributed by atoms with Gasteiger partial charge in [0.25, 0.3) is 0 Å². The Labute approximate surface area is 138 Å². The summed E-state index contributed by atoms with van der Waals surface area (Å²) in [4.78, 5) is 6.68. The normalized spacial score (nSPS) is 17.5. The summed E-state index contributed by atoms with van der Waals surface area (Å²) < 4.78 is 39.0. The molecule has 6 heteroatoms. The van der Waals surface area contributed by atoms with Crippen LogP contribution in [0, 0.1) is 0 Å². The van der Waals surface area contributed by atoms with E-state index >= 15 is 0 Å². The number of piperidine rings is 1. The first kappa shape index (κ1) is 16.5. The summed E-state index contributed by atoms with van der Waals surface area (Å²) in [6.07, 6.45) is 3.83. The molecule has 1 aliphatic heterocycles. The Morgan fingerprint density at radius 1 is 1.17 bits per heavy atom. The first-order chi connectivity index (χ1) is 11.1. The van der Waals surface area contributed by atoms with Gasteiger partial charge in [-0.2, -0.15) is 8.78 Å². The smallest absolute Gasteiger partial charge is 0.297 e. The number of halogens is 3. The Bertz CT molecular complexity index is 605. The number of alkyl halides is 3. The van der Waals surface area contributed by atoms with Crippen LogP contribution < -0.4 is 0 Å². The van der Waals surface area contributed by atoms with Crippen LogP contribution in [0.2, 0.25) is 0 Å². The average molecular weight is 340 g/mol. The summed E-state index contributed by atoms with van der Waals surface area (Å²) in [7, 11) is 0. The van der Waals surface area contributed by atoms with Crippen LogP contribution in [0.4, 0.5) is 13.2 Å². The number of nitrogens with zero attached hydrogens (tertiary/aromatic N) is 2. The second-order valence-corrected chi connectivity index (χ2v) is 6.92. The molecule has 1 saturated heterocycles. The lowest BCUT2D eigenvalue weighted by Crippen LogP contribution is -2.32. The van der Waals surface area contributed by atoms with Crippen molar-refractivity contribution in [2.75, 3.05) is 19.8 Å². The molecule has 0 unspecified atom stereocenters. The van der Waals surface area contributed by atoms with Crippen molar-refractivity contribution in [1.82, 2.24) is 9.88 Å². The Balaban J connectivity index is 1.57. The molecule has 124 valence electrons. The van der Waals surface area contributed by atoms with Crippen molar-refractivity contribution < 1.29 is 13.2 Å². The lowest BCUT2D eigenvalue weighted by molar-refractivity contribution is -0.0281. The molecule has 0 atom stereocenters. The molecular weight excluding hydrogens is 321 g/mol. The molecule has 23 heavy (non-hydrogen) atoms. The average Bonchev–Trinajstić information content (AvgIpc) is 3.09. The van der Waals surface area contributed by atoms with Crippen molar-refractivity contribution in [3.63, 3.8) is 0 Å². The Kier molecular flexibility index (Phi) is 5.02. The Morgan fingerprint density at radius 3 is 2.43 bits per heavy atom. The molecule has 0 radical (unpaired) electrons. The summed E-state index contributed by atoms with van der Waals surface area (Å²) in [5.74, 6) is -2.99. The van der Waals surface area contributed by atoms with Crippen molar-refractivity contribution in [1.29, 1.82) is 0 Å². The minimum atomic E-state index is -3.38. The fourth-order valence-corrected chi connectivity index (χ4v) is 3.68. The van der Waals surface area contributed by atoms with Gasteiger partial charge < -0.3 is 0 Å². The third kappa shape index (κ3) is 3.93. The van der Waals surface area contributed by atoms with E-state index in [1.165, 1.54) is 12.1 Å². The van der Waals surface area contributed by atoms with Crippen molar-refractivity contribution in [2.45, 2.75) is 31.2 Å². The minimum Gasteiger partial charge on any atom is -0.297 e. The van der Waals surface area contributed by atoms with Gasteiger partial charge in [0.1, 0.15) is 5.01 Å². The lowest BCUT2D eigenvalue weighted by atomic mass is 9.88. The van der Waals surface area contributed by atoms with Gasteiger partial charge in [0.2, 0.25) is 0 Å². The van der Waals surface area contributed by atoms with Gasteiger partial charge in [0.05, 0.1) is 6.54 Å². The lowest BCUT2D eigenvalue weighted by Gasteiger charge is -2.31. The van der Waals surface area contributed by atoms with E-state index in [1.54, 1.807) is 23.5 Å². The van der Waals surface area contributed by atoms with E-state index < -0.39 is 12.6 Å². The van der Waals surface area contributed by atoms with Crippen LogP contribution in [0.15, 0.2) is 35.8 Å². The van der Waals surface area contributed by atoms with Crippen LogP contribution in [-0.4, -0.2) is 29.6 Å². The SMILES string of the molecule is FCC(F)(F)c1ccc(C2CCN(Cc3nccs3)CC2)cc1. The van der Waals surface area contributed by atoms with E-state index in [9.17, 15) is 13.2 Å². The summed E-state index contributed by atoms with van der Waals surface area (Å²) >= 11 is 1.67. The van der Waals surface area contributed by atoms with Gasteiger partial charge in [0, 0.05) is 17.1 Å². The molecule has 2 nitrogen and oxygen atoms in total. The van der Waals surface area contributed by atoms with E-state index in [4.69, 9.17) is 0 Å². The molecule has 1 fully saturated rings. The number of hydrogen-bond donors (Lipinski definition) is 0. The first-order valence-electron chi connectivity index (χ1n) is 7.73. The zero-order chi connectivity index (χ0) is 16.3. The van der Waals surface area contributed by atoms with Crippen molar-refractivity contribution in [2.24, 2.45) is 0 Å². The molecular formula is C17H19F3N2S. The van der Waals surface area contributed by atoms with Crippen molar-refractivity contribution >= 4 is 11.3 Å². The highest BCUT2D eigenvalue weighted by Crippen LogP contribution is 2.32. The number of thiazole rings is 1. The fourth-order valence-electron chi connectivity index (χ4n) is 3.02. The molecule has 0 aliphatic carbocycles. The quantitative estimate of drug-likeness (QED) is 0.792. The van der Waals surface area contributed by atoms with Crippen molar-refractivity contribution in [3.05, 3.63) is 52.0 Å². The van der Waals surface area contributed by atoms with Crippen LogP contribution in [0.25, 0.3) is 0 Å². The second-order valence-electron chi connectivity index (χ2n) is 5.94. The van der Waals surface area contributed by atoms with Crippen LogP contribution in [0.5, 0.6) is 0 Å². The van der Waals surface area contributed by atoms with Crippen LogP contribution >= 0.6 is 11.3 Å². The molecule has 2 heterocycles. The fraction of sp³-hybridized carbons (Fsp3) is 0.471. The third-order valence-corrected chi connectivity index (χ3v) is 5.17. The predicted molar refractivity (Wildman–Crippen MR) is 85.7 cm³/mol. The first-order valence-corrected chi connectivity index (χ1v) is 8.61. The highest BCUT2D eigenvalue weighted by Gasteiger charge is 2.31. The molecule has 0 amide bonds. The Hall–Kier alpha value is -1.40. The standard InChI is InChI=1S/C17H19F3N2S/c18-12-17(19,20)15-3-1-13(2-4-15)14-5-8-22(9-6-14)11-16-21-7-10-23-16/h1-4,7,10,14H,5-6,8-9,11-12H2. The van der Waals surface area contributed by atoms with Gasteiger partial charge in [-0.05, 0) is 37.4 Å². The van der Waals surface area contributed by atoms with E-state index in [0.717, 1.165) is 43.0 Å². The molecule has 1 aromatic heterocycles. The monoisotopic (exact) mass is 340 g/mol. The molecule has 0 bridgehead atoms. The minimum absolute atomic E-state index is 0.245. The maximum absolute atomic E-state index is 13.3. The van der Waals surface area contributed by atoms with E-state index in [1.807, 2.05) is 11.6 Å². The molecule has 0 saturated carbocycles. The number of hydrogen-bond acceptors (Lipinski definition) is 3. The molecule has 1 aliphatic rings. The van der Waals surface area contributed by atoms with Gasteiger partial charge in [-0.3, -0.25) is 4.90 Å². The van der Waals surface area contributed by atoms with Crippen LogP contribution in [0.1, 0.15) is 34.9 Å². The summed E-state index contributed by atoms with van der Waals surface area (Å²) in [5, 5.41) is 3.11. The third-order valence-electron chi connectivity index (χ3n) is 4.40. The van der Waals surface area contributed by atoms with Gasteiger partial charge in [-0.25, -0.2) is 9.37 Å². The van der Waals surface area contributed by atoms with Gasteiger partial charge in [-0.1, -0.05) is 24.3 Å². The maximum atomic E-state index is 13.3. The van der Waals surface area contributed by atoms with Crippen LogP contribution in [-0.2, 0) is 12.5 Å². The summed E-state index contributed by atoms with van der Waals surface area (Å²) in [5.41, 5.74) is 0.822. The zero-order valence-electron chi connectivity index (χ0n) is 12.7. The van der Waals surface area contributed by atoms with Gasteiger partial charge in [0.15, 0.2) is 6.67 Å². The highest BCUT2D eigenvalue weighted by atomic mass is 32.1. The molecule has 0 spiro atoms. The largest absolute Gasteiger partial charge is 0.301 e. The van der Waals surface area contributed by atoms with Gasteiger partial charge >= 0.3 is 5.92 Å². The molecule has 3 rings (SSSR count). The molecule has 2 aromatic rings. The predicted octanol–water partition coefficient (Wildman–Crippen LogP) is 4.58. The number of likely N-dealkylation sites (tertiary alicyclic amines) is 1. The topological polar surface area (TPSA) is 16.1 Å². The summed E-state index contributed by atoms with van der Waals surface area (Å²) in [6.45, 7) is 1.19. The molecule has 1 aromatic carbocycles. The number of benzene rings is 1. The zero-order valence-corrected chi connectivity index (χ0v) is 13.5. The van der Waals surface area contributed by atoms with E-state index in [2.05, 4.69) is 9.88 Å². The van der Waals surface area contributed by atoms with Gasteiger partial charge in [-0.15, -0.1) is 11.3 Å². The number of rotatable bonds is 5. The second kappa shape index (κ2) is 7.01. The van der Waals surface area contributed by atoms with E-state index in [-0.39, 0.29) is 5.56 Å².